The quantitative estimate of drug-likeness (QED) is 0.385. The van der Waals surface area contributed by atoms with E-state index in [2.05, 4.69) is 43.6 Å². The van der Waals surface area contributed by atoms with Crippen LogP contribution in [0.3, 0.4) is 0 Å². The molecule has 1 saturated heterocycles. The van der Waals surface area contributed by atoms with E-state index in [1.165, 1.54) is 0 Å². The molecule has 7 heteroatoms. The lowest BCUT2D eigenvalue weighted by molar-refractivity contribution is 0.0688. The fraction of sp³-hybridized carbons (Fsp3) is 0.625. The monoisotopic (exact) mass is 227 g/mol. The van der Waals surface area contributed by atoms with Crippen LogP contribution in [0.1, 0.15) is 0 Å². The molecule has 0 bridgehead atoms. The van der Waals surface area contributed by atoms with Crippen LogP contribution in [0, 0.1) is 0 Å². The Hall–Kier alpha value is -1.08. The highest BCUT2D eigenvalue weighted by molar-refractivity contribution is 7.75. The first-order valence-electron chi connectivity index (χ1n) is 4.61. The molecule has 0 aromatic rings. The van der Waals surface area contributed by atoms with Crippen molar-refractivity contribution in [2.24, 2.45) is 15.1 Å². The van der Waals surface area contributed by atoms with Gasteiger partial charge in [0.25, 0.3) is 0 Å². The smallest absolute Gasteiger partial charge is 0.195 e. The first kappa shape index (κ1) is 10.4. The highest BCUT2D eigenvalue weighted by Crippen LogP contribution is 2.04. The van der Waals surface area contributed by atoms with Gasteiger partial charge in [-0.1, -0.05) is 5.16 Å². The van der Waals surface area contributed by atoms with Crippen molar-refractivity contribution in [2.75, 3.05) is 32.8 Å². The molecule has 2 aliphatic rings. The first-order valence-corrected chi connectivity index (χ1v) is 4.98. The van der Waals surface area contributed by atoms with Crippen molar-refractivity contribution in [3.8, 4) is 0 Å². The summed E-state index contributed by atoms with van der Waals surface area (Å²) in [6.07, 6.45) is 2.59. The second-order valence-corrected chi connectivity index (χ2v) is 3.23. The van der Waals surface area contributed by atoms with Crippen molar-refractivity contribution in [1.82, 2.24) is 4.90 Å². The maximum atomic E-state index is 5.26. The second-order valence-electron chi connectivity index (χ2n) is 3.07. The van der Waals surface area contributed by atoms with Crippen molar-refractivity contribution >= 4 is 30.8 Å². The van der Waals surface area contributed by atoms with E-state index < -0.39 is 0 Å². The molecule has 0 aliphatic carbocycles. The topological polar surface area (TPSA) is 58.8 Å². The van der Waals surface area contributed by atoms with Crippen molar-refractivity contribution in [3.05, 3.63) is 0 Å². The van der Waals surface area contributed by atoms with Crippen LogP contribution in [0.2, 0.25) is 0 Å². The Bertz CT molecular complexity index is 310. The van der Waals surface area contributed by atoms with E-state index in [1.807, 2.05) is 0 Å². The maximum Gasteiger partial charge on any atom is 0.195 e. The molecule has 15 heavy (non-hydrogen) atoms. The van der Waals surface area contributed by atoms with Crippen LogP contribution < -0.4 is 0 Å². The molecule has 0 aromatic heterocycles. The molecule has 0 atom stereocenters. The SMILES string of the molecule is SON=C1CN=[C]N=C1N1CCOCC1. The van der Waals surface area contributed by atoms with Crippen molar-refractivity contribution < 1.29 is 9.02 Å². The minimum atomic E-state index is 0.427. The highest BCUT2D eigenvalue weighted by Gasteiger charge is 2.21. The van der Waals surface area contributed by atoms with Crippen LogP contribution in [0.5, 0.6) is 0 Å². The zero-order chi connectivity index (χ0) is 10.5. The fourth-order valence-electron chi connectivity index (χ4n) is 1.48. The molecule has 2 aliphatic heterocycles. The molecular weight excluding hydrogens is 216 g/mol. The van der Waals surface area contributed by atoms with Crippen LogP contribution in [-0.2, 0) is 9.02 Å². The zero-order valence-electron chi connectivity index (χ0n) is 8.09. The summed E-state index contributed by atoms with van der Waals surface area (Å²) < 4.78 is 9.72. The number of hydrogen-bond donors (Lipinski definition) is 1. The Morgan fingerprint density at radius 2 is 2.27 bits per heavy atom. The second kappa shape index (κ2) is 5.13. The number of ether oxygens (including phenoxy) is 1. The molecule has 0 amide bonds. The summed E-state index contributed by atoms with van der Waals surface area (Å²) in [5.74, 6) is 0.752. The Balaban J connectivity index is 2.12. The van der Waals surface area contributed by atoms with Gasteiger partial charge >= 0.3 is 0 Å². The Labute approximate surface area is 93.3 Å². The molecule has 81 valence electrons. The highest BCUT2D eigenvalue weighted by atomic mass is 32.1. The normalized spacial score (nSPS) is 24.2. The van der Waals surface area contributed by atoms with Crippen molar-refractivity contribution in [3.63, 3.8) is 0 Å². The van der Waals surface area contributed by atoms with Crippen molar-refractivity contribution in [1.29, 1.82) is 0 Å². The van der Waals surface area contributed by atoms with Crippen LogP contribution in [0.25, 0.3) is 0 Å². The van der Waals surface area contributed by atoms with Crippen LogP contribution >= 0.6 is 12.9 Å². The van der Waals surface area contributed by atoms with Gasteiger partial charge in [-0.3, -0.25) is 4.99 Å². The van der Waals surface area contributed by atoms with Gasteiger partial charge < -0.3 is 13.9 Å². The summed E-state index contributed by atoms with van der Waals surface area (Å²) in [5, 5.41) is 3.77. The molecule has 1 radical (unpaired) electrons. The number of hydrogen-bond acceptors (Lipinski definition) is 7. The van der Waals surface area contributed by atoms with Gasteiger partial charge in [0.05, 0.1) is 32.7 Å². The lowest BCUT2D eigenvalue weighted by Crippen LogP contribution is -2.45. The Morgan fingerprint density at radius 3 is 3.00 bits per heavy atom. The molecule has 2 rings (SSSR count). The van der Waals surface area contributed by atoms with E-state index in [4.69, 9.17) is 4.74 Å². The van der Waals surface area contributed by atoms with Gasteiger partial charge in [0, 0.05) is 13.1 Å². The Morgan fingerprint density at radius 1 is 1.47 bits per heavy atom. The molecule has 0 N–H and O–H groups in total. The fourth-order valence-corrected chi connectivity index (χ4v) is 1.57. The van der Waals surface area contributed by atoms with Crippen LogP contribution in [0.15, 0.2) is 15.1 Å². The summed E-state index contributed by atoms with van der Waals surface area (Å²) in [6, 6.07) is 0. The molecule has 0 unspecified atom stereocenters. The number of nitrogens with zero attached hydrogens (tertiary/aromatic N) is 4. The summed E-state index contributed by atoms with van der Waals surface area (Å²) in [4.78, 5) is 10.0. The predicted octanol–water partition coefficient (Wildman–Crippen LogP) is -0.147. The number of amidine groups is 1. The molecule has 6 nitrogen and oxygen atoms in total. The van der Waals surface area contributed by atoms with Crippen LogP contribution in [-0.4, -0.2) is 55.6 Å². The molecule has 0 aromatic carbocycles. The minimum absolute atomic E-state index is 0.427. The van der Waals surface area contributed by atoms with Gasteiger partial charge in [0.1, 0.15) is 5.71 Å². The number of morpholine rings is 1. The molecule has 0 spiro atoms. The minimum Gasteiger partial charge on any atom is -0.378 e. The number of oxime groups is 1. The average Bonchev–Trinajstić information content (AvgIpc) is 2.31. The van der Waals surface area contributed by atoms with Gasteiger partial charge in [-0.25, -0.2) is 4.99 Å². The number of aliphatic imine (C=N–C) groups is 2. The summed E-state index contributed by atoms with van der Waals surface area (Å²) in [7, 11) is 0. The summed E-state index contributed by atoms with van der Waals surface area (Å²) >= 11 is 3.59. The zero-order valence-corrected chi connectivity index (χ0v) is 8.98. The summed E-state index contributed by atoms with van der Waals surface area (Å²) in [5.41, 5.74) is 0.672. The first-order chi connectivity index (χ1) is 7.42. The number of thiol groups is 1. The largest absolute Gasteiger partial charge is 0.378 e. The molecule has 0 saturated carbocycles. The van der Waals surface area contributed by atoms with Crippen molar-refractivity contribution in [2.45, 2.75) is 0 Å². The Kier molecular flexibility index (Phi) is 3.57. The van der Waals surface area contributed by atoms with E-state index >= 15 is 0 Å². The lowest BCUT2D eigenvalue weighted by Gasteiger charge is -2.30. The lowest BCUT2D eigenvalue weighted by atomic mass is 10.2. The van der Waals surface area contributed by atoms with E-state index in [9.17, 15) is 0 Å². The van der Waals surface area contributed by atoms with E-state index in [0.717, 1.165) is 18.9 Å². The third-order valence-corrected chi connectivity index (χ3v) is 2.26. The van der Waals surface area contributed by atoms with E-state index in [0.29, 0.717) is 25.5 Å². The van der Waals surface area contributed by atoms with Gasteiger partial charge in [-0.15, -0.1) is 0 Å². The standard InChI is InChI=1S/C8H11N4O2S/c15-14-11-7-5-9-6-10-8(7)12-1-3-13-4-2-12/h15H,1-5H2. The molecular formula is C8H11N4O2S. The summed E-state index contributed by atoms with van der Waals surface area (Å²) in [6.45, 7) is 3.42. The molecule has 2 heterocycles. The average molecular weight is 227 g/mol. The van der Waals surface area contributed by atoms with Crippen LogP contribution in [0.4, 0.5) is 0 Å². The van der Waals surface area contributed by atoms with E-state index in [1.54, 1.807) is 0 Å². The van der Waals surface area contributed by atoms with E-state index in [-0.39, 0.29) is 0 Å². The third-order valence-electron chi connectivity index (χ3n) is 2.18. The number of rotatable bonds is 1. The predicted molar refractivity (Wildman–Crippen MR) is 59.6 cm³/mol. The van der Waals surface area contributed by atoms with Gasteiger partial charge in [-0.05, 0) is 0 Å². The molecule has 1 fully saturated rings. The third kappa shape index (κ3) is 2.48. The van der Waals surface area contributed by atoms with Gasteiger partial charge in [0.15, 0.2) is 12.2 Å². The van der Waals surface area contributed by atoms with Gasteiger partial charge in [-0.2, -0.15) is 0 Å². The van der Waals surface area contributed by atoms with Gasteiger partial charge in [0.2, 0.25) is 0 Å². The maximum absolute atomic E-state index is 5.26.